The lowest BCUT2D eigenvalue weighted by molar-refractivity contribution is -0.114. The van der Waals surface area contributed by atoms with E-state index in [4.69, 9.17) is 9.25 Å². The molecule has 0 unspecified atom stereocenters. The summed E-state index contributed by atoms with van der Waals surface area (Å²) in [7, 11) is 0. The van der Waals surface area contributed by atoms with Crippen molar-refractivity contribution in [3.63, 3.8) is 0 Å². The summed E-state index contributed by atoms with van der Waals surface area (Å²) in [4.78, 5) is 16.3. The predicted octanol–water partition coefficient (Wildman–Crippen LogP) is 3.64. The third-order valence-corrected chi connectivity index (χ3v) is 3.50. The number of carbonyl (C=O) groups is 1. The molecule has 7 nitrogen and oxygen atoms in total. The molecule has 1 aromatic heterocycles. The number of amides is 1. The molecular formula is C19H18N4O3. The van der Waals surface area contributed by atoms with Gasteiger partial charge in [-0.25, -0.2) is 0 Å². The van der Waals surface area contributed by atoms with E-state index < -0.39 is 0 Å². The van der Waals surface area contributed by atoms with Crippen LogP contribution >= 0.6 is 0 Å². The lowest BCUT2D eigenvalue weighted by Gasteiger charge is -2.04. The van der Waals surface area contributed by atoms with Crippen LogP contribution in [0.15, 0.2) is 64.2 Å². The van der Waals surface area contributed by atoms with Crippen molar-refractivity contribution < 1.29 is 14.0 Å². The van der Waals surface area contributed by atoms with Gasteiger partial charge in [-0.1, -0.05) is 35.5 Å². The fourth-order valence-corrected chi connectivity index (χ4v) is 2.24. The van der Waals surface area contributed by atoms with Crippen molar-refractivity contribution in [1.29, 1.82) is 0 Å². The maximum Gasteiger partial charge on any atom is 0.257 e. The fraction of sp³-hybridized carbons (Fsp3) is 0.158. The molecule has 0 atom stereocenters. The quantitative estimate of drug-likeness (QED) is 0.541. The van der Waals surface area contributed by atoms with E-state index in [1.54, 1.807) is 12.1 Å². The molecule has 0 fully saturated rings. The number of anilines is 1. The van der Waals surface area contributed by atoms with Crippen LogP contribution in [0.2, 0.25) is 0 Å². The standard InChI is InChI=1S/C19H18N4O3/c1-13(15-8-10-17(11-9-15)20-14(2)24)23-25-12-18-21-22-19(26-18)16-6-4-3-5-7-16/h3-11H,12H2,1-2H3,(H,20,24)/b23-13+. The fourth-order valence-electron chi connectivity index (χ4n) is 2.24. The van der Waals surface area contributed by atoms with Crippen LogP contribution in [0.1, 0.15) is 25.3 Å². The van der Waals surface area contributed by atoms with Gasteiger partial charge in [0.05, 0.1) is 5.71 Å². The second-order valence-corrected chi connectivity index (χ2v) is 5.58. The minimum atomic E-state index is -0.110. The predicted molar refractivity (Wildman–Crippen MR) is 97.5 cm³/mol. The molecule has 3 aromatic rings. The molecule has 26 heavy (non-hydrogen) atoms. The molecule has 3 rings (SSSR count). The van der Waals surface area contributed by atoms with E-state index in [-0.39, 0.29) is 12.5 Å². The van der Waals surface area contributed by atoms with Gasteiger partial charge in [0.25, 0.3) is 5.89 Å². The molecule has 1 N–H and O–H groups in total. The van der Waals surface area contributed by atoms with Crippen LogP contribution in [0.25, 0.3) is 11.5 Å². The summed E-state index contributed by atoms with van der Waals surface area (Å²) in [6.45, 7) is 3.38. The van der Waals surface area contributed by atoms with Crippen LogP contribution in [0.3, 0.4) is 0 Å². The Morgan fingerprint density at radius 2 is 1.81 bits per heavy atom. The van der Waals surface area contributed by atoms with E-state index >= 15 is 0 Å². The molecular weight excluding hydrogens is 332 g/mol. The van der Waals surface area contributed by atoms with E-state index in [0.717, 1.165) is 16.8 Å². The third-order valence-electron chi connectivity index (χ3n) is 3.50. The molecule has 132 valence electrons. The zero-order chi connectivity index (χ0) is 18.4. The summed E-state index contributed by atoms with van der Waals surface area (Å²) in [6, 6.07) is 16.8. The minimum absolute atomic E-state index is 0.0845. The van der Waals surface area contributed by atoms with Crippen LogP contribution in [-0.4, -0.2) is 21.8 Å². The molecule has 0 aliphatic heterocycles. The van der Waals surface area contributed by atoms with Gasteiger partial charge >= 0.3 is 0 Å². The van der Waals surface area contributed by atoms with E-state index in [9.17, 15) is 4.79 Å². The summed E-state index contributed by atoms with van der Waals surface area (Å²) < 4.78 is 5.55. The first kappa shape index (κ1) is 17.3. The first-order chi connectivity index (χ1) is 12.6. The average Bonchev–Trinajstić information content (AvgIpc) is 3.11. The summed E-state index contributed by atoms with van der Waals surface area (Å²) >= 11 is 0. The van der Waals surface area contributed by atoms with Crippen molar-refractivity contribution in [2.24, 2.45) is 5.16 Å². The number of oxime groups is 1. The first-order valence-corrected chi connectivity index (χ1v) is 8.04. The summed E-state index contributed by atoms with van der Waals surface area (Å²) in [5.41, 5.74) is 3.16. The highest BCUT2D eigenvalue weighted by Gasteiger charge is 2.08. The maximum atomic E-state index is 11.0. The highest BCUT2D eigenvalue weighted by atomic mass is 16.6. The van der Waals surface area contributed by atoms with Gasteiger partial charge in [-0.15, -0.1) is 10.2 Å². The molecule has 2 aromatic carbocycles. The first-order valence-electron chi connectivity index (χ1n) is 8.04. The van der Waals surface area contributed by atoms with Crippen LogP contribution in [-0.2, 0) is 16.2 Å². The molecule has 1 heterocycles. The molecule has 0 bridgehead atoms. The number of benzene rings is 2. The van der Waals surface area contributed by atoms with Gasteiger partial charge in [0.2, 0.25) is 11.8 Å². The number of aromatic nitrogens is 2. The number of hydrogen-bond acceptors (Lipinski definition) is 6. The van der Waals surface area contributed by atoms with Crippen molar-refractivity contribution in [2.75, 3.05) is 5.32 Å². The van der Waals surface area contributed by atoms with Gasteiger partial charge in [0.1, 0.15) is 0 Å². The summed E-state index contributed by atoms with van der Waals surface area (Å²) in [5, 5.41) is 14.7. The van der Waals surface area contributed by atoms with Crippen molar-refractivity contribution in [3.8, 4) is 11.5 Å². The molecule has 0 saturated heterocycles. The van der Waals surface area contributed by atoms with Gasteiger partial charge in [0, 0.05) is 18.2 Å². The molecule has 0 aliphatic carbocycles. The van der Waals surface area contributed by atoms with E-state index in [1.807, 2.05) is 49.4 Å². The lowest BCUT2D eigenvalue weighted by Crippen LogP contribution is -2.06. The van der Waals surface area contributed by atoms with Gasteiger partial charge in [-0.05, 0) is 36.8 Å². The van der Waals surface area contributed by atoms with Gasteiger partial charge in [-0.3, -0.25) is 4.79 Å². The average molecular weight is 350 g/mol. The van der Waals surface area contributed by atoms with Gasteiger partial charge in [-0.2, -0.15) is 0 Å². The Kier molecular flexibility index (Phi) is 5.38. The minimum Gasteiger partial charge on any atom is -0.417 e. The topological polar surface area (TPSA) is 89.6 Å². The van der Waals surface area contributed by atoms with Gasteiger partial charge < -0.3 is 14.6 Å². The second-order valence-electron chi connectivity index (χ2n) is 5.58. The number of rotatable bonds is 6. The van der Waals surface area contributed by atoms with Crippen molar-refractivity contribution >= 4 is 17.3 Å². The van der Waals surface area contributed by atoms with E-state index in [2.05, 4.69) is 20.7 Å². The normalized spacial score (nSPS) is 11.2. The van der Waals surface area contributed by atoms with Gasteiger partial charge in [0.15, 0.2) is 6.61 Å². The maximum absolute atomic E-state index is 11.0. The zero-order valence-corrected chi connectivity index (χ0v) is 14.5. The number of carbonyl (C=O) groups excluding carboxylic acids is 1. The van der Waals surface area contributed by atoms with Crippen molar-refractivity contribution in [3.05, 3.63) is 66.1 Å². The molecule has 0 aliphatic rings. The third kappa shape index (κ3) is 4.54. The Morgan fingerprint density at radius 1 is 1.08 bits per heavy atom. The molecule has 0 saturated carbocycles. The Hall–Kier alpha value is -3.48. The monoisotopic (exact) mass is 350 g/mol. The Morgan fingerprint density at radius 3 is 2.50 bits per heavy atom. The lowest BCUT2D eigenvalue weighted by atomic mass is 10.1. The zero-order valence-electron chi connectivity index (χ0n) is 14.5. The smallest absolute Gasteiger partial charge is 0.257 e. The second kappa shape index (κ2) is 8.06. The molecule has 0 radical (unpaired) electrons. The van der Waals surface area contributed by atoms with Crippen LogP contribution in [0.4, 0.5) is 5.69 Å². The van der Waals surface area contributed by atoms with Crippen molar-refractivity contribution in [2.45, 2.75) is 20.5 Å². The number of nitrogens with one attached hydrogen (secondary N) is 1. The van der Waals surface area contributed by atoms with Crippen molar-refractivity contribution in [1.82, 2.24) is 10.2 Å². The number of nitrogens with zero attached hydrogens (tertiary/aromatic N) is 3. The Labute approximate surface area is 150 Å². The highest BCUT2D eigenvalue weighted by Crippen LogP contribution is 2.17. The largest absolute Gasteiger partial charge is 0.417 e. The highest BCUT2D eigenvalue weighted by molar-refractivity contribution is 5.99. The van der Waals surface area contributed by atoms with Crippen LogP contribution in [0.5, 0.6) is 0 Å². The van der Waals surface area contributed by atoms with Crippen LogP contribution in [0, 0.1) is 0 Å². The Balaban J connectivity index is 1.58. The number of hydrogen-bond donors (Lipinski definition) is 1. The molecule has 7 heteroatoms. The summed E-state index contributed by atoms with van der Waals surface area (Å²) in [5.74, 6) is 0.681. The molecule has 0 spiro atoms. The SMILES string of the molecule is CC(=O)Nc1ccc(/C(C)=N/OCc2nnc(-c3ccccc3)o2)cc1. The molecule has 1 amide bonds. The Bertz CT molecular complexity index is 902. The summed E-state index contributed by atoms with van der Waals surface area (Å²) in [6.07, 6.45) is 0. The van der Waals surface area contributed by atoms with Crippen LogP contribution < -0.4 is 5.32 Å². The van der Waals surface area contributed by atoms with E-state index in [0.29, 0.717) is 17.5 Å². The van der Waals surface area contributed by atoms with E-state index in [1.165, 1.54) is 6.92 Å².